The average Bonchev–Trinajstić information content (AvgIpc) is 2.92. The standard InChI is InChI=1S/C11H8BrN7/c12-8-3-1-2-7(4-8)9-16-10(13)18-11(17-9)19-6-14-5-15-19/h1-6H,(H2,13,16,17,18). The highest BCUT2D eigenvalue weighted by Crippen LogP contribution is 2.20. The summed E-state index contributed by atoms with van der Waals surface area (Å²) in [5, 5.41) is 3.97. The van der Waals surface area contributed by atoms with Gasteiger partial charge in [-0.05, 0) is 12.1 Å². The Hall–Kier alpha value is -2.35. The second-order valence-corrected chi connectivity index (χ2v) is 4.58. The molecule has 1 aromatic carbocycles. The molecule has 0 fully saturated rings. The first-order valence-corrected chi connectivity index (χ1v) is 6.14. The van der Waals surface area contributed by atoms with E-state index in [4.69, 9.17) is 5.73 Å². The highest BCUT2D eigenvalue weighted by molar-refractivity contribution is 9.10. The first-order chi connectivity index (χ1) is 9.22. The molecular formula is C11H8BrN7. The molecule has 0 saturated heterocycles. The van der Waals surface area contributed by atoms with E-state index in [9.17, 15) is 0 Å². The quantitative estimate of drug-likeness (QED) is 0.768. The highest BCUT2D eigenvalue weighted by Gasteiger charge is 2.09. The zero-order chi connectivity index (χ0) is 13.2. The average molecular weight is 318 g/mol. The first-order valence-electron chi connectivity index (χ1n) is 5.35. The maximum atomic E-state index is 5.71. The summed E-state index contributed by atoms with van der Waals surface area (Å²) in [5.74, 6) is 0.953. The fraction of sp³-hybridized carbons (Fsp3) is 0. The third kappa shape index (κ3) is 2.43. The number of aromatic nitrogens is 6. The van der Waals surface area contributed by atoms with Crippen molar-refractivity contribution >= 4 is 21.9 Å². The monoisotopic (exact) mass is 317 g/mol. The molecule has 0 unspecified atom stereocenters. The van der Waals surface area contributed by atoms with E-state index in [1.54, 1.807) is 0 Å². The van der Waals surface area contributed by atoms with Gasteiger partial charge in [-0.15, -0.1) is 0 Å². The van der Waals surface area contributed by atoms with Gasteiger partial charge in [0.15, 0.2) is 5.82 Å². The molecule has 0 atom stereocenters. The largest absolute Gasteiger partial charge is 0.368 e. The van der Waals surface area contributed by atoms with Crippen molar-refractivity contribution < 1.29 is 0 Å². The Morgan fingerprint density at radius 3 is 2.79 bits per heavy atom. The minimum Gasteiger partial charge on any atom is -0.368 e. The summed E-state index contributed by atoms with van der Waals surface area (Å²) in [7, 11) is 0. The lowest BCUT2D eigenvalue weighted by molar-refractivity contribution is 0.800. The van der Waals surface area contributed by atoms with Gasteiger partial charge in [-0.3, -0.25) is 0 Å². The molecule has 0 spiro atoms. The first kappa shape index (κ1) is 11.7. The van der Waals surface area contributed by atoms with Gasteiger partial charge in [0.1, 0.15) is 12.7 Å². The Morgan fingerprint density at radius 1 is 1.16 bits per heavy atom. The molecule has 19 heavy (non-hydrogen) atoms. The molecule has 94 valence electrons. The molecule has 0 radical (unpaired) electrons. The second kappa shape index (κ2) is 4.73. The topological polar surface area (TPSA) is 95.4 Å². The third-order valence-electron chi connectivity index (χ3n) is 2.35. The van der Waals surface area contributed by atoms with E-state index in [-0.39, 0.29) is 5.95 Å². The summed E-state index contributed by atoms with van der Waals surface area (Å²) in [4.78, 5) is 16.3. The van der Waals surface area contributed by atoms with E-state index in [0.717, 1.165) is 10.0 Å². The lowest BCUT2D eigenvalue weighted by Gasteiger charge is -2.04. The normalized spacial score (nSPS) is 10.6. The van der Waals surface area contributed by atoms with Crippen LogP contribution in [0.2, 0.25) is 0 Å². The maximum Gasteiger partial charge on any atom is 0.257 e. The minimum absolute atomic E-state index is 0.135. The lowest BCUT2D eigenvalue weighted by Crippen LogP contribution is -2.08. The molecule has 3 aromatic rings. The lowest BCUT2D eigenvalue weighted by atomic mass is 10.2. The number of halogens is 1. The Kier molecular flexibility index (Phi) is 2.92. The molecule has 0 aliphatic carbocycles. The molecule has 2 aromatic heterocycles. The summed E-state index contributed by atoms with van der Waals surface area (Å²) < 4.78 is 2.37. The van der Waals surface area contributed by atoms with E-state index >= 15 is 0 Å². The van der Waals surface area contributed by atoms with Crippen LogP contribution in [0.25, 0.3) is 17.3 Å². The third-order valence-corrected chi connectivity index (χ3v) is 2.84. The van der Waals surface area contributed by atoms with Crippen molar-refractivity contribution in [2.24, 2.45) is 0 Å². The molecule has 0 amide bonds. The fourth-order valence-electron chi connectivity index (χ4n) is 1.55. The van der Waals surface area contributed by atoms with Crippen LogP contribution >= 0.6 is 15.9 Å². The second-order valence-electron chi connectivity index (χ2n) is 3.67. The molecule has 0 aliphatic rings. The van der Waals surface area contributed by atoms with Crippen LogP contribution < -0.4 is 5.73 Å². The SMILES string of the molecule is Nc1nc(-c2cccc(Br)c2)nc(-n2cncn2)n1. The Bertz CT molecular complexity index is 711. The number of anilines is 1. The van der Waals surface area contributed by atoms with Crippen molar-refractivity contribution in [1.82, 2.24) is 29.7 Å². The van der Waals surface area contributed by atoms with Crippen LogP contribution in [0, 0.1) is 0 Å². The van der Waals surface area contributed by atoms with Crippen LogP contribution in [0.4, 0.5) is 5.95 Å². The Labute approximate surface area is 116 Å². The predicted octanol–water partition coefficient (Wildman–Crippen LogP) is 1.46. The van der Waals surface area contributed by atoms with Crippen LogP contribution in [0.15, 0.2) is 41.4 Å². The molecule has 0 saturated carbocycles. The Balaban J connectivity index is 2.12. The van der Waals surface area contributed by atoms with Crippen LogP contribution in [0.3, 0.4) is 0 Å². The summed E-state index contributed by atoms with van der Waals surface area (Å²) in [6.45, 7) is 0. The number of nitrogens with zero attached hydrogens (tertiary/aromatic N) is 6. The smallest absolute Gasteiger partial charge is 0.257 e. The van der Waals surface area contributed by atoms with Crippen molar-refractivity contribution in [2.75, 3.05) is 5.73 Å². The number of nitrogens with two attached hydrogens (primary N) is 1. The van der Waals surface area contributed by atoms with E-state index in [1.165, 1.54) is 17.3 Å². The molecule has 0 aliphatic heterocycles. The molecular weight excluding hydrogens is 310 g/mol. The number of benzene rings is 1. The van der Waals surface area contributed by atoms with Crippen LogP contribution in [-0.4, -0.2) is 29.7 Å². The highest BCUT2D eigenvalue weighted by atomic mass is 79.9. The number of rotatable bonds is 2. The van der Waals surface area contributed by atoms with E-state index in [1.807, 2.05) is 24.3 Å². The van der Waals surface area contributed by atoms with Crippen molar-refractivity contribution in [1.29, 1.82) is 0 Å². The maximum absolute atomic E-state index is 5.71. The van der Waals surface area contributed by atoms with Gasteiger partial charge in [0.25, 0.3) is 5.95 Å². The van der Waals surface area contributed by atoms with E-state index < -0.39 is 0 Å². The van der Waals surface area contributed by atoms with Gasteiger partial charge in [-0.25, -0.2) is 4.98 Å². The molecule has 7 nitrogen and oxygen atoms in total. The number of nitrogen functional groups attached to an aromatic ring is 1. The van der Waals surface area contributed by atoms with Crippen molar-refractivity contribution in [3.8, 4) is 17.3 Å². The van der Waals surface area contributed by atoms with Crippen molar-refractivity contribution in [3.05, 3.63) is 41.4 Å². The summed E-state index contributed by atoms with van der Waals surface area (Å²) in [6, 6.07) is 7.62. The van der Waals surface area contributed by atoms with E-state index in [2.05, 4.69) is 41.0 Å². The minimum atomic E-state index is 0.135. The molecule has 2 heterocycles. The zero-order valence-electron chi connectivity index (χ0n) is 9.60. The van der Waals surface area contributed by atoms with Crippen LogP contribution in [0.1, 0.15) is 0 Å². The predicted molar refractivity (Wildman–Crippen MR) is 72.3 cm³/mol. The van der Waals surface area contributed by atoms with Crippen molar-refractivity contribution in [3.63, 3.8) is 0 Å². The fourth-order valence-corrected chi connectivity index (χ4v) is 1.95. The van der Waals surface area contributed by atoms with E-state index in [0.29, 0.717) is 11.8 Å². The van der Waals surface area contributed by atoms with Gasteiger partial charge in [0, 0.05) is 10.0 Å². The van der Waals surface area contributed by atoms with Gasteiger partial charge >= 0.3 is 0 Å². The Morgan fingerprint density at radius 2 is 2.05 bits per heavy atom. The van der Waals surface area contributed by atoms with Gasteiger partial charge in [0.2, 0.25) is 5.95 Å². The van der Waals surface area contributed by atoms with Crippen molar-refractivity contribution in [2.45, 2.75) is 0 Å². The molecule has 3 rings (SSSR count). The van der Waals surface area contributed by atoms with Crippen LogP contribution in [0.5, 0.6) is 0 Å². The van der Waals surface area contributed by atoms with Crippen LogP contribution in [-0.2, 0) is 0 Å². The molecule has 2 N–H and O–H groups in total. The van der Waals surface area contributed by atoms with Gasteiger partial charge < -0.3 is 5.73 Å². The summed E-state index contributed by atoms with van der Waals surface area (Å²) >= 11 is 3.41. The number of hydrogen-bond donors (Lipinski definition) is 1. The summed E-state index contributed by atoms with van der Waals surface area (Å²) in [6.07, 6.45) is 2.90. The van der Waals surface area contributed by atoms with Gasteiger partial charge in [-0.2, -0.15) is 24.7 Å². The summed E-state index contributed by atoms with van der Waals surface area (Å²) in [5.41, 5.74) is 6.54. The molecule has 0 bridgehead atoms. The van der Waals surface area contributed by atoms with Gasteiger partial charge in [0.05, 0.1) is 0 Å². The number of hydrogen-bond acceptors (Lipinski definition) is 6. The zero-order valence-corrected chi connectivity index (χ0v) is 11.2. The van der Waals surface area contributed by atoms with Gasteiger partial charge in [-0.1, -0.05) is 28.1 Å². The molecule has 8 heteroatoms.